The van der Waals surface area contributed by atoms with E-state index in [1.165, 1.54) is 6.08 Å². The minimum absolute atomic E-state index is 0.145. The number of halogens is 1. The van der Waals surface area contributed by atoms with Crippen LogP contribution in [0.2, 0.25) is 5.02 Å². The highest BCUT2D eigenvalue weighted by atomic mass is 35.5. The first-order chi connectivity index (χ1) is 13.1. The fourth-order valence-electron chi connectivity index (χ4n) is 2.58. The van der Waals surface area contributed by atoms with Crippen molar-refractivity contribution in [3.8, 4) is 0 Å². The number of aromatic nitrogens is 1. The summed E-state index contributed by atoms with van der Waals surface area (Å²) in [6.45, 7) is 0.470. The van der Waals surface area contributed by atoms with E-state index in [-0.39, 0.29) is 5.91 Å². The number of hydrogen-bond donors (Lipinski definition) is 1. The van der Waals surface area contributed by atoms with Gasteiger partial charge in [-0.3, -0.25) is 9.78 Å². The second-order valence-corrected chi connectivity index (χ2v) is 6.47. The molecule has 0 saturated carbocycles. The SMILES string of the molecule is CN(c1ccncc1)c1ccc(CNC(=O)C=Cc2cccc(Cl)c2)cc1. The van der Waals surface area contributed by atoms with Crippen LogP contribution in [-0.4, -0.2) is 17.9 Å². The number of carbonyl (C=O) groups excluding carboxylic acids is 1. The van der Waals surface area contributed by atoms with Gasteiger partial charge in [0.1, 0.15) is 0 Å². The molecule has 0 saturated heterocycles. The molecule has 3 aromatic rings. The van der Waals surface area contributed by atoms with Gasteiger partial charge in [-0.25, -0.2) is 0 Å². The molecule has 5 heteroatoms. The molecule has 27 heavy (non-hydrogen) atoms. The van der Waals surface area contributed by atoms with E-state index in [9.17, 15) is 4.79 Å². The molecule has 0 bridgehead atoms. The van der Waals surface area contributed by atoms with Crippen molar-refractivity contribution in [1.29, 1.82) is 0 Å². The van der Waals surface area contributed by atoms with E-state index in [0.717, 1.165) is 22.5 Å². The summed E-state index contributed by atoms with van der Waals surface area (Å²) in [5.41, 5.74) is 4.06. The van der Waals surface area contributed by atoms with Crippen LogP contribution in [0.3, 0.4) is 0 Å². The number of nitrogens with one attached hydrogen (secondary N) is 1. The molecule has 1 aromatic heterocycles. The number of benzene rings is 2. The van der Waals surface area contributed by atoms with Crippen LogP contribution in [0.4, 0.5) is 11.4 Å². The van der Waals surface area contributed by atoms with E-state index in [4.69, 9.17) is 11.6 Å². The fourth-order valence-corrected chi connectivity index (χ4v) is 2.78. The molecule has 3 rings (SSSR count). The lowest BCUT2D eigenvalue weighted by molar-refractivity contribution is -0.116. The number of nitrogens with zero attached hydrogens (tertiary/aromatic N) is 2. The second-order valence-electron chi connectivity index (χ2n) is 6.04. The Labute approximate surface area is 164 Å². The van der Waals surface area contributed by atoms with Crippen molar-refractivity contribution >= 4 is 35.0 Å². The number of amides is 1. The van der Waals surface area contributed by atoms with Crippen molar-refractivity contribution in [2.24, 2.45) is 0 Å². The Bertz CT molecular complexity index is 924. The summed E-state index contributed by atoms with van der Waals surface area (Å²) in [4.78, 5) is 18.1. The summed E-state index contributed by atoms with van der Waals surface area (Å²) in [5.74, 6) is -0.145. The molecule has 0 aliphatic rings. The highest BCUT2D eigenvalue weighted by molar-refractivity contribution is 6.30. The standard InChI is InChI=1S/C22H20ClN3O/c1-26(21-11-13-24-14-12-21)20-8-5-18(6-9-20)16-25-22(27)10-7-17-3-2-4-19(23)15-17/h2-15H,16H2,1H3,(H,25,27). The molecule has 0 aliphatic heterocycles. The summed E-state index contributed by atoms with van der Waals surface area (Å²) in [7, 11) is 2.01. The van der Waals surface area contributed by atoms with Gasteiger partial charge < -0.3 is 10.2 Å². The lowest BCUT2D eigenvalue weighted by atomic mass is 10.2. The van der Waals surface area contributed by atoms with Crippen LogP contribution in [0.5, 0.6) is 0 Å². The zero-order chi connectivity index (χ0) is 19.1. The normalized spacial score (nSPS) is 10.7. The Balaban J connectivity index is 1.55. The molecule has 0 fully saturated rings. The van der Waals surface area contributed by atoms with Crippen LogP contribution in [-0.2, 0) is 11.3 Å². The Morgan fingerprint density at radius 3 is 2.48 bits per heavy atom. The first-order valence-corrected chi connectivity index (χ1v) is 8.94. The van der Waals surface area contributed by atoms with Crippen molar-refractivity contribution in [3.63, 3.8) is 0 Å². The predicted molar refractivity (Wildman–Crippen MR) is 111 cm³/mol. The van der Waals surface area contributed by atoms with E-state index >= 15 is 0 Å². The van der Waals surface area contributed by atoms with Crippen LogP contribution in [0.15, 0.2) is 79.1 Å². The van der Waals surface area contributed by atoms with E-state index < -0.39 is 0 Å². The summed E-state index contributed by atoms with van der Waals surface area (Å²) in [6.07, 6.45) is 6.80. The number of anilines is 2. The van der Waals surface area contributed by atoms with E-state index in [1.54, 1.807) is 24.5 Å². The van der Waals surface area contributed by atoms with E-state index in [2.05, 4.69) is 15.2 Å². The zero-order valence-corrected chi connectivity index (χ0v) is 15.7. The molecule has 136 valence electrons. The summed E-state index contributed by atoms with van der Waals surface area (Å²) in [5, 5.41) is 3.53. The maximum atomic E-state index is 12.0. The van der Waals surface area contributed by atoms with Gasteiger partial charge in [0, 0.05) is 48.5 Å². The van der Waals surface area contributed by atoms with Gasteiger partial charge in [0.25, 0.3) is 0 Å². The molecule has 0 atom stereocenters. The van der Waals surface area contributed by atoms with Crippen LogP contribution >= 0.6 is 11.6 Å². The number of rotatable bonds is 6. The minimum Gasteiger partial charge on any atom is -0.348 e. The van der Waals surface area contributed by atoms with Crippen molar-refractivity contribution in [2.75, 3.05) is 11.9 Å². The quantitative estimate of drug-likeness (QED) is 0.625. The van der Waals surface area contributed by atoms with E-state index in [0.29, 0.717) is 11.6 Å². The summed E-state index contributed by atoms with van der Waals surface area (Å²) >= 11 is 5.93. The third kappa shape index (κ3) is 5.43. The van der Waals surface area contributed by atoms with Crippen LogP contribution in [0.25, 0.3) is 6.08 Å². The molecule has 4 nitrogen and oxygen atoms in total. The summed E-state index contributed by atoms with van der Waals surface area (Å²) in [6, 6.07) is 19.4. The van der Waals surface area contributed by atoms with Gasteiger partial charge >= 0.3 is 0 Å². The monoisotopic (exact) mass is 377 g/mol. The predicted octanol–water partition coefficient (Wildman–Crippen LogP) is 4.83. The van der Waals surface area contributed by atoms with Gasteiger partial charge in [-0.15, -0.1) is 0 Å². The van der Waals surface area contributed by atoms with Gasteiger partial charge in [0.05, 0.1) is 0 Å². The Morgan fingerprint density at radius 2 is 1.78 bits per heavy atom. The topological polar surface area (TPSA) is 45.2 Å². The van der Waals surface area contributed by atoms with Crippen LogP contribution < -0.4 is 10.2 Å². The summed E-state index contributed by atoms with van der Waals surface area (Å²) < 4.78 is 0. The molecule has 1 N–H and O–H groups in total. The third-order valence-electron chi connectivity index (χ3n) is 4.12. The smallest absolute Gasteiger partial charge is 0.244 e. The van der Waals surface area contributed by atoms with Gasteiger partial charge in [-0.1, -0.05) is 35.9 Å². The average molecular weight is 378 g/mol. The van der Waals surface area contributed by atoms with Crippen molar-refractivity contribution in [3.05, 3.63) is 95.3 Å². The molecular weight excluding hydrogens is 358 g/mol. The highest BCUT2D eigenvalue weighted by Gasteiger charge is 2.04. The van der Waals surface area contributed by atoms with Crippen molar-refractivity contribution in [2.45, 2.75) is 6.54 Å². The first kappa shape index (κ1) is 18.7. The molecule has 2 aromatic carbocycles. The maximum absolute atomic E-state index is 12.0. The molecule has 0 radical (unpaired) electrons. The number of pyridine rings is 1. The molecule has 0 aliphatic carbocycles. The maximum Gasteiger partial charge on any atom is 0.244 e. The fraction of sp³-hybridized carbons (Fsp3) is 0.0909. The first-order valence-electron chi connectivity index (χ1n) is 8.56. The number of hydrogen-bond acceptors (Lipinski definition) is 3. The lowest BCUT2D eigenvalue weighted by Gasteiger charge is -2.19. The van der Waals surface area contributed by atoms with Crippen LogP contribution in [0, 0.1) is 0 Å². The molecule has 1 amide bonds. The van der Waals surface area contributed by atoms with Crippen molar-refractivity contribution in [1.82, 2.24) is 10.3 Å². The van der Waals surface area contributed by atoms with Crippen molar-refractivity contribution < 1.29 is 4.79 Å². The largest absolute Gasteiger partial charge is 0.348 e. The third-order valence-corrected chi connectivity index (χ3v) is 4.35. The Kier molecular flexibility index (Phi) is 6.23. The number of carbonyl (C=O) groups is 1. The van der Waals surface area contributed by atoms with E-state index in [1.807, 2.05) is 61.6 Å². The van der Waals surface area contributed by atoms with Gasteiger partial charge in [0.15, 0.2) is 0 Å². The van der Waals surface area contributed by atoms with Crippen LogP contribution in [0.1, 0.15) is 11.1 Å². The molecule has 0 spiro atoms. The van der Waals surface area contributed by atoms with Gasteiger partial charge in [0.2, 0.25) is 5.91 Å². The second kappa shape index (κ2) is 9.01. The van der Waals surface area contributed by atoms with Gasteiger partial charge in [-0.05, 0) is 53.6 Å². The highest BCUT2D eigenvalue weighted by Crippen LogP contribution is 2.22. The Hall–Kier alpha value is -3.11. The van der Waals surface area contributed by atoms with Gasteiger partial charge in [-0.2, -0.15) is 0 Å². The molecular formula is C22H20ClN3O. The lowest BCUT2D eigenvalue weighted by Crippen LogP contribution is -2.20. The molecule has 1 heterocycles. The zero-order valence-electron chi connectivity index (χ0n) is 15.0. The minimum atomic E-state index is -0.145. The Morgan fingerprint density at radius 1 is 1.07 bits per heavy atom. The molecule has 0 unspecified atom stereocenters. The average Bonchev–Trinajstić information content (AvgIpc) is 2.71.